The van der Waals surface area contributed by atoms with Gasteiger partial charge in [0.25, 0.3) is 0 Å². The SMILES string of the molecule is CC(C=CC1C(C)(C)C[C@H](O)C[C@@]1(C)O)/C=C/CC(C)CCCCC(C)CCCC(/C=C/[C@@]12O[C@]1(C)C[C@@H](O)CC2(C)C)CO. The number of aliphatic hydroxyl groups excluding tert-OH is 3. The lowest BCUT2D eigenvalue weighted by Crippen LogP contribution is -2.50. The van der Waals surface area contributed by atoms with E-state index in [0.29, 0.717) is 30.6 Å². The molecular weight excluding hydrogens is 560 g/mol. The predicted octanol–water partition coefficient (Wildman–Crippen LogP) is 8.55. The van der Waals surface area contributed by atoms with Gasteiger partial charge < -0.3 is 25.2 Å². The second kappa shape index (κ2) is 15.5. The third-order valence-electron chi connectivity index (χ3n) is 11.8. The van der Waals surface area contributed by atoms with Crippen LogP contribution in [-0.2, 0) is 4.74 Å². The van der Waals surface area contributed by atoms with Crippen molar-refractivity contribution in [3.63, 3.8) is 0 Å². The molecule has 3 aliphatic rings. The average Bonchev–Trinajstić information content (AvgIpc) is 3.52. The number of ether oxygens (including phenoxy) is 1. The summed E-state index contributed by atoms with van der Waals surface area (Å²) >= 11 is 0. The van der Waals surface area contributed by atoms with E-state index in [1.54, 1.807) is 0 Å². The molecule has 5 unspecified atom stereocenters. The number of aliphatic hydroxyl groups is 4. The summed E-state index contributed by atoms with van der Waals surface area (Å²) < 4.78 is 6.28. The molecule has 1 saturated heterocycles. The third kappa shape index (κ3) is 10.0. The third-order valence-corrected chi connectivity index (χ3v) is 11.8. The van der Waals surface area contributed by atoms with Crippen molar-refractivity contribution in [3.8, 4) is 0 Å². The summed E-state index contributed by atoms with van der Waals surface area (Å²) in [5, 5.41) is 41.5. The van der Waals surface area contributed by atoms with Gasteiger partial charge in [-0.25, -0.2) is 0 Å². The molecule has 5 heteroatoms. The summed E-state index contributed by atoms with van der Waals surface area (Å²) in [4.78, 5) is 0. The molecule has 0 amide bonds. The van der Waals surface area contributed by atoms with Crippen molar-refractivity contribution in [1.82, 2.24) is 0 Å². The van der Waals surface area contributed by atoms with Crippen LogP contribution in [0.15, 0.2) is 36.5 Å². The van der Waals surface area contributed by atoms with Crippen LogP contribution in [0.25, 0.3) is 0 Å². The monoisotopic (exact) mass is 631 g/mol. The van der Waals surface area contributed by atoms with Gasteiger partial charge in [0.05, 0.1) is 17.8 Å². The van der Waals surface area contributed by atoms with Crippen molar-refractivity contribution in [2.24, 2.45) is 40.4 Å². The van der Waals surface area contributed by atoms with Crippen LogP contribution in [0.2, 0.25) is 0 Å². The van der Waals surface area contributed by atoms with Crippen molar-refractivity contribution in [2.75, 3.05) is 6.61 Å². The summed E-state index contributed by atoms with van der Waals surface area (Å²) in [6.07, 6.45) is 24.8. The van der Waals surface area contributed by atoms with E-state index in [0.717, 1.165) is 32.1 Å². The van der Waals surface area contributed by atoms with Crippen molar-refractivity contribution >= 4 is 0 Å². The lowest BCUT2D eigenvalue weighted by molar-refractivity contribution is -0.111. The maximum atomic E-state index is 11.0. The molecule has 1 heterocycles. The summed E-state index contributed by atoms with van der Waals surface area (Å²) in [6.45, 7) is 19.8. The van der Waals surface area contributed by atoms with Gasteiger partial charge in [-0.15, -0.1) is 0 Å². The number of unbranched alkanes of at least 4 members (excludes halogenated alkanes) is 1. The fourth-order valence-electron chi connectivity index (χ4n) is 9.17. The Morgan fingerprint density at radius 1 is 0.756 bits per heavy atom. The van der Waals surface area contributed by atoms with Crippen LogP contribution >= 0.6 is 0 Å². The standard InChI is InChI=1S/C40H70O5/c1-29(16-12-17-31(3)20-21-35-36(4,5)24-33(42)26-38(35,8)44)14-10-11-15-30(2)18-13-19-32(28-41)22-23-40-37(6,7)25-34(43)27-39(40,9)45-40/h12,17,20-23,29-35,41-44H,10-11,13-16,18-19,24-28H2,1-9H3/b17-12+,21-20?,23-22+/t29?,30?,31?,32?,33-,34-,35?,38+,39+,40-/m0/s1. The molecule has 0 aromatic heterocycles. The number of fused-ring (bicyclic) bond motifs is 1. The first-order valence-corrected chi connectivity index (χ1v) is 18.3. The Labute approximate surface area is 276 Å². The molecule has 4 N–H and O–H groups in total. The normalized spacial score (nSPS) is 37.1. The zero-order chi connectivity index (χ0) is 33.7. The highest BCUT2D eigenvalue weighted by atomic mass is 16.6. The molecule has 0 radical (unpaired) electrons. The molecule has 5 nitrogen and oxygen atoms in total. The van der Waals surface area contributed by atoms with Crippen molar-refractivity contribution in [1.29, 1.82) is 0 Å². The highest BCUT2D eigenvalue weighted by Crippen LogP contribution is 2.66. The molecule has 260 valence electrons. The first-order chi connectivity index (χ1) is 20.9. The van der Waals surface area contributed by atoms with E-state index >= 15 is 0 Å². The van der Waals surface area contributed by atoms with Crippen LogP contribution in [0.3, 0.4) is 0 Å². The predicted molar refractivity (Wildman–Crippen MR) is 187 cm³/mol. The Morgan fingerprint density at radius 2 is 1.38 bits per heavy atom. The van der Waals surface area contributed by atoms with Gasteiger partial charge in [-0.1, -0.05) is 123 Å². The average molecular weight is 631 g/mol. The highest BCUT2D eigenvalue weighted by molar-refractivity contribution is 5.32. The summed E-state index contributed by atoms with van der Waals surface area (Å²) in [5.74, 6) is 1.92. The number of hydrogen-bond acceptors (Lipinski definition) is 5. The molecule has 2 saturated carbocycles. The van der Waals surface area contributed by atoms with Gasteiger partial charge in [0.1, 0.15) is 11.2 Å². The van der Waals surface area contributed by atoms with Gasteiger partial charge in [-0.05, 0) is 62.7 Å². The fourth-order valence-corrected chi connectivity index (χ4v) is 9.17. The summed E-state index contributed by atoms with van der Waals surface area (Å²) in [6, 6.07) is 0. The summed E-state index contributed by atoms with van der Waals surface area (Å²) in [5.41, 5.74) is -1.72. The largest absolute Gasteiger partial charge is 0.396 e. The first kappa shape index (κ1) is 38.5. The van der Waals surface area contributed by atoms with Crippen molar-refractivity contribution in [3.05, 3.63) is 36.5 Å². The van der Waals surface area contributed by atoms with Gasteiger partial charge in [0, 0.05) is 36.7 Å². The fraction of sp³-hybridized carbons (Fsp3) is 0.850. The summed E-state index contributed by atoms with van der Waals surface area (Å²) in [7, 11) is 0. The van der Waals surface area contributed by atoms with E-state index in [9.17, 15) is 20.4 Å². The Morgan fingerprint density at radius 3 is 2.00 bits per heavy atom. The topological polar surface area (TPSA) is 93.5 Å². The van der Waals surface area contributed by atoms with E-state index in [2.05, 4.69) is 91.8 Å². The first-order valence-electron chi connectivity index (χ1n) is 18.3. The Hall–Kier alpha value is -0.980. The molecule has 0 aromatic carbocycles. The van der Waals surface area contributed by atoms with Crippen LogP contribution in [-0.4, -0.2) is 56.0 Å². The maximum Gasteiger partial charge on any atom is 0.121 e. The molecule has 45 heavy (non-hydrogen) atoms. The molecular formula is C40H70O5. The molecule has 0 bridgehead atoms. The molecule has 0 spiro atoms. The van der Waals surface area contributed by atoms with Crippen LogP contribution < -0.4 is 0 Å². The number of epoxide rings is 1. The number of hydrogen-bond donors (Lipinski definition) is 4. The van der Waals surface area contributed by atoms with E-state index in [1.165, 1.54) is 32.1 Å². The van der Waals surface area contributed by atoms with E-state index < -0.39 is 11.7 Å². The minimum atomic E-state index is -0.876. The molecule has 3 rings (SSSR count). The minimum Gasteiger partial charge on any atom is -0.396 e. The van der Waals surface area contributed by atoms with Crippen LogP contribution in [0.4, 0.5) is 0 Å². The molecule has 1 aliphatic heterocycles. The molecule has 10 atom stereocenters. The van der Waals surface area contributed by atoms with E-state index in [4.69, 9.17) is 4.74 Å². The Bertz CT molecular complexity index is 992. The van der Waals surface area contributed by atoms with Crippen molar-refractivity contribution in [2.45, 2.75) is 168 Å². The van der Waals surface area contributed by atoms with Crippen LogP contribution in [0.5, 0.6) is 0 Å². The Kier molecular flexibility index (Phi) is 13.2. The van der Waals surface area contributed by atoms with Gasteiger partial charge in [-0.3, -0.25) is 0 Å². The van der Waals surface area contributed by atoms with Crippen molar-refractivity contribution < 1.29 is 25.2 Å². The second-order valence-electron chi connectivity index (χ2n) is 17.5. The zero-order valence-electron chi connectivity index (χ0n) is 30.4. The second-order valence-corrected chi connectivity index (χ2v) is 17.5. The number of allylic oxidation sites excluding steroid dienone is 3. The van der Waals surface area contributed by atoms with Gasteiger partial charge in [0.15, 0.2) is 0 Å². The lowest BCUT2D eigenvalue weighted by atomic mass is 9.61. The molecule has 0 aromatic rings. The molecule has 2 aliphatic carbocycles. The lowest BCUT2D eigenvalue weighted by Gasteiger charge is -2.48. The number of rotatable bonds is 17. The van der Waals surface area contributed by atoms with E-state index in [-0.39, 0.29) is 46.6 Å². The highest BCUT2D eigenvalue weighted by Gasteiger charge is 2.74. The van der Waals surface area contributed by atoms with Crippen LogP contribution in [0.1, 0.15) is 139 Å². The van der Waals surface area contributed by atoms with Crippen LogP contribution in [0, 0.1) is 40.4 Å². The maximum absolute atomic E-state index is 11.0. The smallest absolute Gasteiger partial charge is 0.121 e. The Balaban J connectivity index is 1.29. The van der Waals surface area contributed by atoms with Gasteiger partial charge >= 0.3 is 0 Å². The molecule has 3 fully saturated rings. The van der Waals surface area contributed by atoms with E-state index in [1.807, 2.05) is 6.92 Å². The van der Waals surface area contributed by atoms with Gasteiger partial charge in [0.2, 0.25) is 0 Å². The van der Waals surface area contributed by atoms with Gasteiger partial charge in [-0.2, -0.15) is 0 Å². The zero-order valence-corrected chi connectivity index (χ0v) is 30.4. The minimum absolute atomic E-state index is 0.0398. The quantitative estimate of drug-likeness (QED) is 0.0734.